The van der Waals surface area contributed by atoms with E-state index in [0.717, 1.165) is 11.3 Å². The Morgan fingerprint density at radius 1 is 1.52 bits per heavy atom. The van der Waals surface area contributed by atoms with Crippen LogP contribution in [-0.4, -0.2) is 72.9 Å². The molecule has 14 nitrogen and oxygen atoms in total. The number of aliphatic carboxylic acids is 1. The summed E-state index contributed by atoms with van der Waals surface area (Å²) < 4.78 is 0. The van der Waals surface area contributed by atoms with E-state index in [9.17, 15) is 14.4 Å². The summed E-state index contributed by atoms with van der Waals surface area (Å²) in [5, 5.41) is 29.9. The first-order valence-corrected chi connectivity index (χ1v) is 9.27. The maximum Gasteiger partial charge on any atom is 0.303 e. The molecule has 0 bridgehead atoms. The lowest BCUT2D eigenvalue weighted by molar-refractivity contribution is -0.137. The summed E-state index contributed by atoms with van der Waals surface area (Å²) in [4.78, 5) is 45.9. The SMILES string of the molecule is CC1C(NC(=O)C(=NOCCCC(=O)O)c2csc(N)n2)C(=O)N1c1nn[nH]n1. The number of nitrogens with one attached hydrogen (secondary N) is 2. The summed E-state index contributed by atoms with van der Waals surface area (Å²) >= 11 is 1.11. The molecule has 0 radical (unpaired) electrons. The van der Waals surface area contributed by atoms with E-state index in [4.69, 9.17) is 15.7 Å². The average molecular weight is 423 g/mol. The van der Waals surface area contributed by atoms with Crippen molar-refractivity contribution in [2.24, 2.45) is 5.16 Å². The number of nitrogens with two attached hydrogens (primary N) is 1. The molecule has 154 valence electrons. The number of amides is 2. The number of nitrogens with zero attached hydrogens (tertiary/aromatic N) is 6. The van der Waals surface area contributed by atoms with Gasteiger partial charge in [-0.1, -0.05) is 10.3 Å². The van der Waals surface area contributed by atoms with Gasteiger partial charge in [0.25, 0.3) is 17.8 Å². The highest BCUT2D eigenvalue weighted by molar-refractivity contribution is 7.13. The van der Waals surface area contributed by atoms with Crippen molar-refractivity contribution in [1.82, 2.24) is 30.9 Å². The Bertz CT molecular complexity index is 928. The molecular formula is C14H17N9O5S. The van der Waals surface area contributed by atoms with E-state index < -0.39 is 29.9 Å². The molecule has 15 heteroatoms. The van der Waals surface area contributed by atoms with Crippen LogP contribution in [0.4, 0.5) is 11.1 Å². The molecule has 0 aromatic carbocycles. The number of carbonyl (C=O) groups is 3. The number of rotatable bonds is 9. The Hall–Kier alpha value is -3.62. The molecule has 0 spiro atoms. The molecule has 2 aromatic heterocycles. The summed E-state index contributed by atoms with van der Waals surface area (Å²) in [5.74, 6) is -1.96. The Kier molecular flexibility index (Phi) is 5.96. The van der Waals surface area contributed by atoms with Crippen molar-refractivity contribution in [3.63, 3.8) is 0 Å². The van der Waals surface area contributed by atoms with E-state index in [-0.39, 0.29) is 41.9 Å². The molecule has 5 N–H and O–H groups in total. The predicted octanol–water partition coefficient (Wildman–Crippen LogP) is -1.26. The molecule has 2 atom stereocenters. The van der Waals surface area contributed by atoms with Gasteiger partial charge in [-0.25, -0.2) is 4.98 Å². The second-order valence-corrected chi connectivity index (χ2v) is 6.84. The van der Waals surface area contributed by atoms with E-state index in [0.29, 0.717) is 0 Å². The molecule has 2 amide bonds. The first-order chi connectivity index (χ1) is 13.9. The standard InChI is InChI=1S/C14H17N9O5S/c1-6-9(12(27)23(6)14-18-21-22-19-14)17-11(26)10(7-5-29-13(15)16-7)20-28-4-2-3-8(24)25/h5-6,9H,2-4H2,1H3,(H2,15,16)(H,17,26)(H,24,25)(H,18,19,21,22). The van der Waals surface area contributed by atoms with Crippen LogP contribution in [0.3, 0.4) is 0 Å². The molecule has 1 aliphatic heterocycles. The number of carboxylic acid groups (broad SMARTS) is 1. The van der Waals surface area contributed by atoms with Crippen LogP contribution >= 0.6 is 11.3 Å². The number of aromatic amines is 1. The minimum Gasteiger partial charge on any atom is -0.481 e. The van der Waals surface area contributed by atoms with Crippen LogP contribution in [0.1, 0.15) is 25.5 Å². The predicted molar refractivity (Wildman–Crippen MR) is 98.9 cm³/mol. The van der Waals surface area contributed by atoms with Crippen LogP contribution in [0.15, 0.2) is 10.5 Å². The second kappa shape index (κ2) is 8.59. The van der Waals surface area contributed by atoms with Gasteiger partial charge in [-0.3, -0.25) is 19.3 Å². The number of thiazole rings is 1. The van der Waals surface area contributed by atoms with Crippen molar-refractivity contribution >= 4 is 45.9 Å². The number of oxime groups is 1. The Morgan fingerprint density at radius 2 is 2.31 bits per heavy atom. The number of hydrogen-bond acceptors (Lipinski definition) is 11. The lowest BCUT2D eigenvalue weighted by atomic mass is 9.97. The Morgan fingerprint density at radius 3 is 2.90 bits per heavy atom. The van der Waals surface area contributed by atoms with E-state index in [1.54, 1.807) is 6.92 Å². The molecular weight excluding hydrogens is 406 g/mol. The van der Waals surface area contributed by atoms with Gasteiger partial charge in [0.1, 0.15) is 18.3 Å². The van der Waals surface area contributed by atoms with Gasteiger partial charge in [-0.2, -0.15) is 5.21 Å². The number of carboxylic acids is 1. The average Bonchev–Trinajstić information content (AvgIpc) is 3.34. The van der Waals surface area contributed by atoms with Crippen LogP contribution in [0.2, 0.25) is 0 Å². The summed E-state index contributed by atoms with van der Waals surface area (Å²) in [6, 6.07) is -1.24. The third-order valence-electron chi connectivity index (χ3n) is 3.99. The van der Waals surface area contributed by atoms with Gasteiger partial charge in [0.15, 0.2) is 10.8 Å². The highest BCUT2D eigenvalue weighted by Crippen LogP contribution is 2.24. The largest absolute Gasteiger partial charge is 0.481 e. The number of hydrogen-bond donors (Lipinski definition) is 4. The van der Waals surface area contributed by atoms with E-state index >= 15 is 0 Å². The summed E-state index contributed by atoms with van der Waals surface area (Å²) in [6.45, 7) is 1.70. The zero-order valence-corrected chi connectivity index (χ0v) is 15.9. The fourth-order valence-corrected chi connectivity index (χ4v) is 3.10. The molecule has 1 fully saturated rings. The molecule has 2 aromatic rings. The smallest absolute Gasteiger partial charge is 0.303 e. The van der Waals surface area contributed by atoms with E-state index in [1.807, 2.05) is 0 Å². The van der Waals surface area contributed by atoms with E-state index in [1.165, 1.54) is 10.3 Å². The van der Waals surface area contributed by atoms with Crippen LogP contribution in [-0.2, 0) is 19.2 Å². The number of anilines is 2. The van der Waals surface area contributed by atoms with Crippen LogP contribution in [0, 0.1) is 0 Å². The molecule has 3 heterocycles. The zero-order chi connectivity index (χ0) is 21.0. The molecule has 3 rings (SSSR count). The van der Waals surface area contributed by atoms with Crippen LogP contribution < -0.4 is 16.0 Å². The Labute approximate surface area is 167 Å². The lowest BCUT2D eigenvalue weighted by Gasteiger charge is -2.42. The van der Waals surface area contributed by atoms with Crippen molar-refractivity contribution < 1.29 is 24.3 Å². The molecule has 1 aliphatic rings. The van der Waals surface area contributed by atoms with Gasteiger partial charge >= 0.3 is 5.97 Å². The highest BCUT2D eigenvalue weighted by atomic mass is 32.1. The number of carbonyl (C=O) groups excluding carboxylic acids is 2. The summed E-state index contributed by atoms with van der Waals surface area (Å²) in [6.07, 6.45) is 0.117. The molecule has 1 saturated heterocycles. The van der Waals surface area contributed by atoms with Crippen molar-refractivity contribution in [2.45, 2.75) is 31.8 Å². The fourth-order valence-electron chi connectivity index (χ4n) is 2.55. The van der Waals surface area contributed by atoms with Crippen LogP contribution in [0.5, 0.6) is 0 Å². The van der Waals surface area contributed by atoms with Gasteiger partial charge in [-0.15, -0.1) is 16.4 Å². The first-order valence-electron chi connectivity index (χ1n) is 8.39. The number of aromatic nitrogens is 5. The van der Waals surface area contributed by atoms with E-state index in [2.05, 4.69) is 36.1 Å². The molecule has 29 heavy (non-hydrogen) atoms. The maximum atomic E-state index is 12.7. The van der Waals surface area contributed by atoms with Gasteiger partial charge < -0.3 is 21.0 Å². The minimum atomic E-state index is -0.966. The summed E-state index contributed by atoms with van der Waals surface area (Å²) in [5.41, 5.74) is 5.62. The first kappa shape index (κ1) is 20.1. The number of nitrogen functional groups attached to an aromatic ring is 1. The Balaban J connectivity index is 1.67. The lowest BCUT2D eigenvalue weighted by Crippen LogP contribution is -2.70. The normalized spacial score (nSPS) is 19.0. The van der Waals surface area contributed by atoms with Crippen LogP contribution in [0.25, 0.3) is 0 Å². The number of H-pyrrole nitrogens is 1. The number of β-lactam (4-membered cyclic amide) rings is 1. The van der Waals surface area contributed by atoms with Gasteiger partial charge in [-0.05, 0) is 18.6 Å². The third kappa shape index (κ3) is 4.45. The monoisotopic (exact) mass is 423 g/mol. The van der Waals surface area contributed by atoms with Crippen molar-refractivity contribution in [3.05, 3.63) is 11.1 Å². The quantitative estimate of drug-likeness (QED) is 0.163. The maximum absolute atomic E-state index is 12.7. The highest BCUT2D eigenvalue weighted by Gasteiger charge is 2.48. The number of tetrazole rings is 1. The van der Waals surface area contributed by atoms with Crippen molar-refractivity contribution in [3.8, 4) is 0 Å². The molecule has 0 saturated carbocycles. The zero-order valence-electron chi connectivity index (χ0n) is 15.1. The molecule has 2 unspecified atom stereocenters. The van der Waals surface area contributed by atoms with Crippen molar-refractivity contribution in [1.29, 1.82) is 0 Å². The van der Waals surface area contributed by atoms with Gasteiger partial charge in [0, 0.05) is 11.8 Å². The third-order valence-corrected chi connectivity index (χ3v) is 4.67. The fraction of sp³-hybridized carbons (Fsp3) is 0.429. The second-order valence-electron chi connectivity index (χ2n) is 5.95. The summed E-state index contributed by atoms with van der Waals surface area (Å²) in [7, 11) is 0. The topological polar surface area (TPSA) is 202 Å². The minimum absolute atomic E-state index is 0.00688. The molecule has 0 aliphatic carbocycles. The van der Waals surface area contributed by atoms with Gasteiger partial charge in [0.2, 0.25) is 0 Å². The van der Waals surface area contributed by atoms with Gasteiger partial charge in [0.05, 0.1) is 6.04 Å². The van der Waals surface area contributed by atoms with Crippen molar-refractivity contribution in [2.75, 3.05) is 17.2 Å².